The number of carbonyl (C=O) groups excluding carboxylic acids is 1. The fraction of sp³-hybridized carbons (Fsp3) is 0.333. The van der Waals surface area contributed by atoms with Crippen LogP contribution in [0.5, 0.6) is 11.5 Å². The van der Waals surface area contributed by atoms with E-state index in [1.807, 2.05) is 29.2 Å². The lowest BCUT2D eigenvalue weighted by Gasteiger charge is -2.22. The van der Waals surface area contributed by atoms with Crippen molar-refractivity contribution in [1.82, 2.24) is 14.9 Å². The van der Waals surface area contributed by atoms with Crippen molar-refractivity contribution in [2.45, 2.75) is 6.42 Å². The van der Waals surface area contributed by atoms with E-state index in [-0.39, 0.29) is 5.91 Å². The molecule has 1 saturated heterocycles. The molecule has 0 aliphatic carbocycles. The molecule has 1 N–H and O–H groups in total. The average molecular weight is 380 g/mol. The number of hydrogen-bond acceptors (Lipinski definition) is 5. The van der Waals surface area contributed by atoms with Crippen LogP contribution in [0.15, 0.2) is 42.5 Å². The summed E-state index contributed by atoms with van der Waals surface area (Å²) in [7, 11) is 3.17. The summed E-state index contributed by atoms with van der Waals surface area (Å²) in [6.45, 7) is 2.92. The van der Waals surface area contributed by atoms with E-state index in [0.717, 1.165) is 36.5 Å². The number of amides is 1. The first-order chi connectivity index (χ1) is 13.7. The third-order valence-corrected chi connectivity index (χ3v) is 5.06. The smallest absolute Gasteiger partial charge is 0.254 e. The summed E-state index contributed by atoms with van der Waals surface area (Å²) in [5.74, 6) is 2.07. The Morgan fingerprint density at radius 3 is 2.46 bits per heavy atom. The van der Waals surface area contributed by atoms with E-state index in [4.69, 9.17) is 9.47 Å². The van der Waals surface area contributed by atoms with Crippen molar-refractivity contribution in [2.24, 2.45) is 0 Å². The number of nitrogens with one attached hydrogen (secondary N) is 1. The van der Waals surface area contributed by atoms with E-state index in [1.54, 1.807) is 32.4 Å². The van der Waals surface area contributed by atoms with Crippen LogP contribution in [0.1, 0.15) is 16.8 Å². The summed E-state index contributed by atoms with van der Waals surface area (Å²) >= 11 is 0. The molecular formula is C21H24N4O3. The highest BCUT2D eigenvalue weighted by Crippen LogP contribution is 2.24. The van der Waals surface area contributed by atoms with Crippen LogP contribution in [-0.4, -0.2) is 61.2 Å². The molecule has 1 aliphatic heterocycles. The van der Waals surface area contributed by atoms with E-state index in [0.29, 0.717) is 30.2 Å². The highest BCUT2D eigenvalue weighted by Gasteiger charge is 2.22. The summed E-state index contributed by atoms with van der Waals surface area (Å²) < 4.78 is 10.6. The van der Waals surface area contributed by atoms with Crippen LogP contribution in [0, 0.1) is 0 Å². The lowest BCUT2D eigenvalue weighted by molar-refractivity contribution is 0.0766. The Kier molecular flexibility index (Phi) is 5.06. The third-order valence-electron chi connectivity index (χ3n) is 5.06. The van der Waals surface area contributed by atoms with Gasteiger partial charge in [-0.05, 0) is 30.7 Å². The Bertz CT molecular complexity index is 929. The topological polar surface area (TPSA) is 70.7 Å². The van der Waals surface area contributed by atoms with Gasteiger partial charge in [-0.15, -0.1) is 0 Å². The number of aromatic amines is 1. The van der Waals surface area contributed by atoms with Gasteiger partial charge in [0.2, 0.25) is 5.95 Å². The van der Waals surface area contributed by atoms with Crippen LogP contribution >= 0.6 is 0 Å². The second-order valence-corrected chi connectivity index (χ2v) is 6.81. The van der Waals surface area contributed by atoms with Crippen LogP contribution in [0.4, 0.5) is 5.95 Å². The molecule has 146 valence electrons. The van der Waals surface area contributed by atoms with Crippen molar-refractivity contribution < 1.29 is 14.3 Å². The van der Waals surface area contributed by atoms with Gasteiger partial charge in [-0.3, -0.25) is 4.79 Å². The molecular weight excluding hydrogens is 356 g/mol. The molecule has 28 heavy (non-hydrogen) atoms. The van der Waals surface area contributed by atoms with Crippen molar-refractivity contribution >= 4 is 22.9 Å². The first kappa shape index (κ1) is 18.2. The second-order valence-electron chi connectivity index (χ2n) is 6.81. The number of imidazole rings is 1. The van der Waals surface area contributed by atoms with Crippen molar-refractivity contribution in [1.29, 1.82) is 0 Å². The summed E-state index contributed by atoms with van der Waals surface area (Å²) in [6, 6.07) is 13.3. The Hall–Kier alpha value is -3.22. The Labute approximate surface area is 163 Å². The molecule has 1 fully saturated rings. The minimum absolute atomic E-state index is 0.0105. The maximum atomic E-state index is 13.0. The molecule has 0 saturated carbocycles. The zero-order valence-corrected chi connectivity index (χ0v) is 16.1. The average Bonchev–Trinajstić information content (AvgIpc) is 3.02. The van der Waals surface area contributed by atoms with Crippen LogP contribution in [-0.2, 0) is 0 Å². The largest absolute Gasteiger partial charge is 0.497 e. The molecule has 1 aliphatic rings. The summed E-state index contributed by atoms with van der Waals surface area (Å²) in [4.78, 5) is 25.2. The fourth-order valence-electron chi connectivity index (χ4n) is 3.53. The molecule has 0 radical (unpaired) electrons. The van der Waals surface area contributed by atoms with Gasteiger partial charge in [0.25, 0.3) is 5.91 Å². The van der Waals surface area contributed by atoms with Gasteiger partial charge in [0.05, 0.1) is 25.3 Å². The second kappa shape index (κ2) is 7.80. The SMILES string of the molecule is COc1cc(OC)cc(C(=O)N2CCCN(c3nc4ccccc4[nH]3)CC2)c1. The highest BCUT2D eigenvalue weighted by atomic mass is 16.5. The zero-order chi connectivity index (χ0) is 19.5. The number of carbonyl (C=O) groups is 1. The van der Waals surface area contributed by atoms with Crippen molar-refractivity contribution in [3.63, 3.8) is 0 Å². The number of methoxy groups -OCH3 is 2. The monoisotopic (exact) mass is 380 g/mol. The maximum absolute atomic E-state index is 13.0. The van der Waals surface area contributed by atoms with Crippen LogP contribution in [0.3, 0.4) is 0 Å². The van der Waals surface area contributed by atoms with Gasteiger partial charge >= 0.3 is 0 Å². The molecule has 1 amide bonds. The molecule has 1 aromatic heterocycles. The number of fused-ring (bicyclic) bond motifs is 1. The van der Waals surface area contributed by atoms with Crippen LogP contribution in [0.2, 0.25) is 0 Å². The number of H-pyrrole nitrogens is 1. The molecule has 7 heteroatoms. The Morgan fingerprint density at radius 2 is 1.75 bits per heavy atom. The summed E-state index contributed by atoms with van der Waals surface area (Å²) in [5.41, 5.74) is 2.56. The lowest BCUT2D eigenvalue weighted by Crippen LogP contribution is -2.35. The normalized spacial score (nSPS) is 14.8. The van der Waals surface area contributed by atoms with E-state index in [1.165, 1.54) is 0 Å². The minimum Gasteiger partial charge on any atom is -0.497 e. The first-order valence-corrected chi connectivity index (χ1v) is 9.40. The maximum Gasteiger partial charge on any atom is 0.254 e. The summed E-state index contributed by atoms with van der Waals surface area (Å²) in [6.07, 6.45) is 0.879. The van der Waals surface area contributed by atoms with Gasteiger partial charge in [0.15, 0.2) is 0 Å². The van der Waals surface area contributed by atoms with E-state index in [2.05, 4.69) is 14.9 Å². The first-order valence-electron chi connectivity index (χ1n) is 9.40. The van der Waals surface area contributed by atoms with Crippen molar-refractivity contribution in [3.05, 3.63) is 48.0 Å². The molecule has 0 bridgehead atoms. The number of ether oxygens (including phenoxy) is 2. The number of rotatable bonds is 4. The third kappa shape index (κ3) is 3.60. The van der Waals surface area contributed by atoms with Crippen LogP contribution in [0.25, 0.3) is 11.0 Å². The van der Waals surface area contributed by atoms with Crippen molar-refractivity contribution in [3.8, 4) is 11.5 Å². The minimum atomic E-state index is -0.0105. The molecule has 4 rings (SSSR count). The highest BCUT2D eigenvalue weighted by molar-refractivity contribution is 5.95. The van der Waals surface area contributed by atoms with Gasteiger partial charge in [0.1, 0.15) is 11.5 Å². The lowest BCUT2D eigenvalue weighted by atomic mass is 10.1. The Balaban J connectivity index is 1.50. The van der Waals surface area contributed by atoms with Gasteiger partial charge in [-0.25, -0.2) is 4.98 Å². The van der Waals surface area contributed by atoms with Crippen LogP contribution < -0.4 is 14.4 Å². The predicted octanol–water partition coefficient (Wildman–Crippen LogP) is 2.93. The molecule has 0 spiro atoms. The number of para-hydroxylation sites is 2. The molecule has 0 unspecified atom stereocenters. The molecule has 3 aromatic rings. The number of anilines is 1. The number of benzene rings is 2. The summed E-state index contributed by atoms with van der Waals surface area (Å²) in [5, 5.41) is 0. The standard InChI is InChI=1S/C21H24N4O3/c1-27-16-12-15(13-17(14-16)28-2)20(26)24-8-5-9-25(11-10-24)21-22-18-6-3-4-7-19(18)23-21/h3-4,6-7,12-14H,5,8-11H2,1-2H3,(H,22,23). The van der Waals surface area contributed by atoms with Gasteiger partial charge in [0, 0.05) is 37.8 Å². The number of nitrogens with zero attached hydrogens (tertiary/aromatic N) is 3. The van der Waals surface area contributed by atoms with E-state index in [9.17, 15) is 4.79 Å². The van der Waals surface area contributed by atoms with Gasteiger partial charge in [-0.2, -0.15) is 0 Å². The molecule has 7 nitrogen and oxygen atoms in total. The van der Waals surface area contributed by atoms with E-state index < -0.39 is 0 Å². The van der Waals surface area contributed by atoms with Crippen molar-refractivity contribution in [2.75, 3.05) is 45.3 Å². The number of hydrogen-bond donors (Lipinski definition) is 1. The molecule has 2 heterocycles. The fourth-order valence-corrected chi connectivity index (χ4v) is 3.53. The van der Waals surface area contributed by atoms with Gasteiger partial charge in [-0.1, -0.05) is 12.1 Å². The van der Waals surface area contributed by atoms with E-state index >= 15 is 0 Å². The quantitative estimate of drug-likeness (QED) is 0.754. The zero-order valence-electron chi connectivity index (χ0n) is 16.1. The molecule has 0 atom stereocenters. The van der Waals surface area contributed by atoms with Gasteiger partial charge < -0.3 is 24.3 Å². The Morgan fingerprint density at radius 1 is 1.00 bits per heavy atom. The molecule has 2 aromatic carbocycles. The number of aromatic nitrogens is 2. The predicted molar refractivity (Wildman–Crippen MR) is 108 cm³/mol.